The van der Waals surface area contributed by atoms with Gasteiger partial charge in [-0.25, -0.2) is 8.42 Å². The first-order chi connectivity index (χ1) is 17.3. The maximum Gasteiger partial charge on any atom is 0.229 e. The molecule has 1 fully saturated rings. The molecule has 1 aliphatic heterocycles. The van der Waals surface area contributed by atoms with Crippen LogP contribution >= 0.6 is 12.2 Å². The summed E-state index contributed by atoms with van der Waals surface area (Å²) in [6.07, 6.45) is 4.92. The van der Waals surface area contributed by atoms with E-state index in [1.807, 2.05) is 71.8 Å². The smallest absolute Gasteiger partial charge is 0.229 e. The standard InChI is InChI=1S/C26H25N5O3S2/c1-34-21-14-12-19(13-15-21)30-17-5-7-23(30)25-24(22-6-3-4-16-27-22)28-26(35)31(25)20-10-8-18(9-11-20)29-36(2,32)33/h3-17,24-25,29H,1-2H3,(H,28,35)/t24-,25+/m0/s1. The normalized spacial score (nSPS) is 17.6. The Morgan fingerprint density at radius 1 is 0.972 bits per heavy atom. The van der Waals surface area contributed by atoms with Crippen LogP contribution in [0.4, 0.5) is 11.4 Å². The highest BCUT2D eigenvalue weighted by Crippen LogP contribution is 2.42. The van der Waals surface area contributed by atoms with E-state index in [1.165, 1.54) is 0 Å². The first-order valence-electron chi connectivity index (χ1n) is 11.2. The van der Waals surface area contributed by atoms with Crippen molar-refractivity contribution in [1.29, 1.82) is 0 Å². The maximum absolute atomic E-state index is 11.6. The van der Waals surface area contributed by atoms with Gasteiger partial charge in [0.05, 0.1) is 25.1 Å². The average molecular weight is 520 g/mol. The van der Waals surface area contributed by atoms with Crippen LogP contribution in [0.3, 0.4) is 0 Å². The Morgan fingerprint density at radius 3 is 2.33 bits per heavy atom. The van der Waals surface area contributed by atoms with E-state index >= 15 is 0 Å². The van der Waals surface area contributed by atoms with Crippen molar-refractivity contribution in [3.8, 4) is 11.4 Å². The molecule has 0 amide bonds. The molecule has 36 heavy (non-hydrogen) atoms. The Bertz CT molecular complexity index is 1470. The minimum atomic E-state index is -3.37. The van der Waals surface area contributed by atoms with Gasteiger partial charge in [0.2, 0.25) is 10.0 Å². The second-order valence-electron chi connectivity index (χ2n) is 8.42. The molecule has 2 aromatic carbocycles. The Morgan fingerprint density at radius 2 is 1.69 bits per heavy atom. The van der Waals surface area contributed by atoms with E-state index in [4.69, 9.17) is 17.0 Å². The van der Waals surface area contributed by atoms with Gasteiger partial charge in [0.15, 0.2) is 5.11 Å². The summed E-state index contributed by atoms with van der Waals surface area (Å²) in [7, 11) is -1.73. The molecule has 1 aliphatic rings. The van der Waals surface area contributed by atoms with Gasteiger partial charge in [-0.3, -0.25) is 9.71 Å². The molecule has 2 atom stereocenters. The lowest BCUT2D eigenvalue weighted by Crippen LogP contribution is -2.30. The van der Waals surface area contributed by atoms with Gasteiger partial charge in [0.25, 0.3) is 0 Å². The Hall–Kier alpha value is -3.89. The minimum absolute atomic E-state index is 0.209. The van der Waals surface area contributed by atoms with Crippen LogP contribution in [-0.2, 0) is 10.0 Å². The molecule has 0 spiro atoms. The van der Waals surface area contributed by atoms with Crippen molar-refractivity contribution in [2.45, 2.75) is 12.1 Å². The average Bonchev–Trinajstić information content (AvgIpc) is 3.48. The lowest BCUT2D eigenvalue weighted by molar-refractivity contribution is 0.414. The number of benzene rings is 2. The number of hydrogen-bond acceptors (Lipinski definition) is 5. The quantitative estimate of drug-likeness (QED) is 0.349. The summed E-state index contributed by atoms with van der Waals surface area (Å²) in [5, 5.41) is 4.01. The Labute approximate surface area is 215 Å². The van der Waals surface area contributed by atoms with Crippen LogP contribution in [0.1, 0.15) is 23.5 Å². The summed E-state index contributed by atoms with van der Waals surface area (Å²) in [5.41, 5.74) is 4.18. The zero-order chi connectivity index (χ0) is 25.3. The number of rotatable bonds is 7. The molecule has 0 aliphatic carbocycles. The number of nitrogens with one attached hydrogen (secondary N) is 2. The van der Waals surface area contributed by atoms with Crippen LogP contribution in [0.25, 0.3) is 5.69 Å². The highest BCUT2D eigenvalue weighted by atomic mass is 32.2. The van der Waals surface area contributed by atoms with Gasteiger partial charge in [0, 0.05) is 35.1 Å². The predicted molar refractivity (Wildman–Crippen MR) is 145 cm³/mol. The third-order valence-electron chi connectivity index (χ3n) is 5.98. The molecule has 10 heteroatoms. The topological polar surface area (TPSA) is 88.5 Å². The van der Waals surface area contributed by atoms with E-state index in [9.17, 15) is 8.42 Å². The fourth-order valence-corrected chi connectivity index (χ4v) is 5.36. The third-order valence-corrected chi connectivity index (χ3v) is 6.90. The van der Waals surface area contributed by atoms with Gasteiger partial charge in [-0.2, -0.15) is 0 Å². The number of pyridine rings is 1. The molecule has 0 bridgehead atoms. The van der Waals surface area contributed by atoms with Crippen LogP contribution in [0.2, 0.25) is 0 Å². The van der Waals surface area contributed by atoms with Crippen LogP contribution in [-0.4, -0.2) is 36.4 Å². The van der Waals surface area contributed by atoms with Crippen molar-refractivity contribution in [2.75, 3.05) is 23.0 Å². The molecule has 5 rings (SSSR count). The van der Waals surface area contributed by atoms with Crippen molar-refractivity contribution >= 4 is 38.7 Å². The molecule has 0 radical (unpaired) electrons. The molecular weight excluding hydrogens is 494 g/mol. The van der Waals surface area contributed by atoms with E-state index in [0.29, 0.717) is 10.8 Å². The third kappa shape index (κ3) is 4.77. The maximum atomic E-state index is 11.6. The van der Waals surface area contributed by atoms with Gasteiger partial charge in [0.1, 0.15) is 11.8 Å². The van der Waals surface area contributed by atoms with Crippen LogP contribution < -0.4 is 19.7 Å². The zero-order valence-corrected chi connectivity index (χ0v) is 21.3. The molecular formula is C26H25N5O3S2. The lowest BCUT2D eigenvalue weighted by atomic mass is 10.0. The second kappa shape index (κ2) is 9.63. The number of sulfonamides is 1. The SMILES string of the molecule is COc1ccc(-n2cccc2[C@@H]2[C@H](c3ccccn3)NC(=S)N2c2ccc(NS(C)(=O)=O)cc2)cc1. The first-order valence-corrected chi connectivity index (χ1v) is 13.5. The van der Waals surface area contributed by atoms with Crippen LogP contribution in [0.15, 0.2) is 91.3 Å². The van der Waals surface area contributed by atoms with E-state index in [2.05, 4.69) is 25.7 Å². The van der Waals surface area contributed by atoms with Crippen LogP contribution in [0.5, 0.6) is 5.75 Å². The van der Waals surface area contributed by atoms with Gasteiger partial charge in [-0.15, -0.1) is 0 Å². The molecule has 3 heterocycles. The van der Waals surface area contributed by atoms with Gasteiger partial charge < -0.3 is 19.5 Å². The summed E-state index contributed by atoms with van der Waals surface area (Å²) in [6, 6.07) is 24.5. The summed E-state index contributed by atoms with van der Waals surface area (Å²) in [5.74, 6) is 0.784. The summed E-state index contributed by atoms with van der Waals surface area (Å²) in [4.78, 5) is 6.66. The fourth-order valence-electron chi connectivity index (χ4n) is 4.45. The summed E-state index contributed by atoms with van der Waals surface area (Å²) in [6.45, 7) is 0. The molecule has 184 valence electrons. The number of thiocarbonyl (C=S) groups is 1. The molecule has 0 unspecified atom stereocenters. The van der Waals surface area contributed by atoms with E-state index in [1.54, 1.807) is 25.4 Å². The lowest BCUT2D eigenvalue weighted by Gasteiger charge is -2.29. The van der Waals surface area contributed by atoms with Gasteiger partial charge >= 0.3 is 0 Å². The number of ether oxygens (including phenoxy) is 1. The first kappa shape index (κ1) is 23.8. The molecule has 1 saturated heterocycles. The van der Waals surface area contributed by atoms with Crippen molar-refractivity contribution in [2.24, 2.45) is 0 Å². The summed E-state index contributed by atoms with van der Waals surface area (Å²) >= 11 is 5.81. The Kier molecular flexibility index (Phi) is 6.38. The van der Waals surface area contributed by atoms with E-state index < -0.39 is 10.0 Å². The molecule has 0 saturated carbocycles. The number of nitrogens with zero attached hydrogens (tertiary/aromatic N) is 3. The molecule has 2 N–H and O–H groups in total. The van der Waals surface area contributed by atoms with Gasteiger partial charge in [-0.05, 0) is 85.0 Å². The van der Waals surface area contributed by atoms with Crippen molar-refractivity contribution < 1.29 is 13.2 Å². The van der Waals surface area contributed by atoms with Crippen molar-refractivity contribution in [3.05, 3.63) is 103 Å². The predicted octanol–water partition coefficient (Wildman–Crippen LogP) is 4.43. The highest BCUT2D eigenvalue weighted by Gasteiger charge is 2.42. The fraction of sp³-hybridized carbons (Fsp3) is 0.154. The van der Waals surface area contributed by atoms with Crippen molar-refractivity contribution in [3.63, 3.8) is 0 Å². The monoisotopic (exact) mass is 519 g/mol. The molecule has 4 aromatic rings. The van der Waals surface area contributed by atoms with E-state index in [0.717, 1.165) is 34.8 Å². The molecule has 8 nitrogen and oxygen atoms in total. The van der Waals surface area contributed by atoms with Crippen molar-refractivity contribution in [1.82, 2.24) is 14.9 Å². The summed E-state index contributed by atoms with van der Waals surface area (Å²) < 4.78 is 33.2. The highest BCUT2D eigenvalue weighted by molar-refractivity contribution is 7.92. The van der Waals surface area contributed by atoms with Gasteiger partial charge in [-0.1, -0.05) is 6.07 Å². The zero-order valence-electron chi connectivity index (χ0n) is 19.7. The number of aromatic nitrogens is 2. The second-order valence-corrected chi connectivity index (χ2v) is 10.6. The minimum Gasteiger partial charge on any atom is -0.497 e. The number of anilines is 2. The molecule has 2 aromatic heterocycles. The number of hydrogen-bond donors (Lipinski definition) is 2. The largest absolute Gasteiger partial charge is 0.497 e. The van der Waals surface area contributed by atoms with E-state index in [-0.39, 0.29) is 12.1 Å². The van der Waals surface area contributed by atoms with Crippen LogP contribution in [0, 0.1) is 0 Å². The Balaban J connectivity index is 1.59. The number of methoxy groups -OCH3 is 1.